The number of ketones is 1. The number of aromatic nitrogens is 1. The molecule has 0 spiro atoms. The molecule has 1 aliphatic rings. The minimum atomic E-state index is -0.411. The van der Waals surface area contributed by atoms with Crippen molar-refractivity contribution in [1.29, 1.82) is 0 Å². The van der Waals surface area contributed by atoms with Gasteiger partial charge in [0.25, 0.3) is 5.56 Å². The first kappa shape index (κ1) is 18.8. The third kappa shape index (κ3) is 3.14. The predicted octanol–water partition coefficient (Wildman–Crippen LogP) is 3.85. The Bertz CT molecular complexity index is 1280. The van der Waals surface area contributed by atoms with Gasteiger partial charge in [-0.3, -0.25) is 14.2 Å². The highest BCUT2D eigenvalue weighted by Gasteiger charge is 2.29. The highest BCUT2D eigenvalue weighted by molar-refractivity contribution is 7.23. The fourth-order valence-electron chi connectivity index (χ4n) is 3.99. The summed E-state index contributed by atoms with van der Waals surface area (Å²) in [6.45, 7) is 1.16. The number of thiophene rings is 1. The second kappa shape index (κ2) is 7.55. The molecular formula is C24H20N2O3S. The van der Waals surface area contributed by atoms with Crippen LogP contribution < -0.4 is 10.5 Å². The second-order valence-electron chi connectivity index (χ2n) is 7.43. The summed E-state index contributed by atoms with van der Waals surface area (Å²) in [7, 11) is 0. The van der Waals surface area contributed by atoms with Crippen LogP contribution in [0.25, 0.3) is 15.9 Å². The molecule has 0 saturated carbocycles. The summed E-state index contributed by atoms with van der Waals surface area (Å²) in [5.41, 5.74) is 1.83. The van der Waals surface area contributed by atoms with E-state index in [1.54, 1.807) is 10.6 Å². The maximum Gasteiger partial charge on any atom is 0.256 e. The molecule has 6 heteroatoms. The number of rotatable bonds is 4. The number of aliphatic hydroxyl groups is 1. The van der Waals surface area contributed by atoms with Crippen molar-refractivity contribution in [2.45, 2.75) is 12.5 Å². The van der Waals surface area contributed by atoms with Gasteiger partial charge in [-0.25, -0.2) is 0 Å². The van der Waals surface area contributed by atoms with Gasteiger partial charge in [0, 0.05) is 30.1 Å². The van der Waals surface area contributed by atoms with Crippen LogP contribution in [0.15, 0.2) is 77.6 Å². The van der Waals surface area contributed by atoms with Gasteiger partial charge in [0.2, 0.25) is 0 Å². The van der Waals surface area contributed by atoms with Crippen LogP contribution in [0.5, 0.6) is 0 Å². The zero-order chi connectivity index (χ0) is 20.7. The van der Waals surface area contributed by atoms with E-state index < -0.39 is 6.10 Å². The lowest BCUT2D eigenvalue weighted by atomic mass is 10.0. The summed E-state index contributed by atoms with van der Waals surface area (Å²) < 4.78 is 1.66. The molecule has 0 radical (unpaired) electrons. The summed E-state index contributed by atoms with van der Waals surface area (Å²) >= 11 is 1.44. The van der Waals surface area contributed by atoms with Crippen molar-refractivity contribution in [3.8, 4) is 5.69 Å². The van der Waals surface area contributed by atoms with Crippen LogP contribution in [0.3, 0.4) is 0 Å². The molecule has 5 rings (SSSR count). The van der Waals surface area contributed by atoms with Crippen LogP contribution >= 0.6 is 11.3 Å². The van der Waals surface area contributed by atoms with E-state index >= 15 is 0 Å². The normalized spacial score (nSPS) is 16.3. The molecular weight excluding hydrogens is 396 g/mol. The number of carbonyl (C=O) groups is 1. The van der Waals surface area contributed by atoms with Gasteiger partial charge in [-0.1, -0.05) is 59.9 Å². The van der Waals surface area contributed by atoms with Gasteiger partial charge in [-0.15, -0.1) is 0 Å². The number of pyridine rings is 1. The molecule has 1 fully saturated rings. The number of fused-ring (bicyclic) bond motifs is 1. The van der Waals surface area contributed by atoms with Gasteiger partial charge in [0.05, 0.1) is 17.4 Å². The third-order valence-corrected chi connectivity index (χ3v) is 6.70. The lowest BCUT2D eigenvalue weighted by molar-refractivity contribution is 0.104. The lowest BCUT2D eigenvalue weighted by Crippen LogP contribution is -2.22. The average Bonchev–Trinajstić information content (AvgIpc) is 3.38. The third-order valence-electron chi connectivity index (χ3n) is 5.45. The van der Waals surface area contributed by atoms with Crippen LogP contribution in [-0.2, 0) is 0 Å². The first-order chi connectivity index (χ1) is 14.6. The Morgan fingerprint density at radius 3 is 2.33 bits per heavy atom. The molecule has 0 bridgehead atoms. The number of aliphatic hydroxyl groups excluding tert-OH is 1. The number of carbonyl (C=O) groups excluding carboxylic acids is 1. The minimum absolute atomic E-state index is 0.0727. The van der Waals surface area contributed by atoms with E-state index in [1.807, 2.05) is 60.7 Å². The predicted molar refractivity (Wildman–Crippen MR) is 120 cm³/mol. The van der Waals surface area contributed by atoms with Gasteiger partial charge in [-0.2, -0.15) is 0 Å². The van der Waals surface area contributed by atoms with Crippen molar-refractivity contribution in [2.75, 3.05) is 18.0 Å². The maximum absolute atomic E-state index is 13.5. The molecule has 2 aromatic heterocycles. The van der Waals surface area contributed by atoms with Crippen molar-refractivity contribution in [3.05, 3.63) is 94.3 Å². The summed E-state index contributed by atoms with van der Waals surface area (Å²) in [5.74, 6) is -0.0727. The quantitative estimate of drug-likeness (QED) is 0.513. The highest BCUT2D eigenvalue weighted by Crippen LogP contribution is 2.41. The number of hydrogen-bond donors (Lipinski definition) is 1. The van der Waals surface area contributed by atoms with Gasteiger partial charge >= 0.3 is 0 Å². The number of para-hydroxylation sites is 1. The van der Waals surface area contributed by atoms with Crippen molar-refractivity contribution in [2.24, 2.45) is 0 Å². The number of β-amino-alcohol motifs (C(OH)–C–C–N with tert-alkyl or cyclic N) is 1. The molecule has 1 saturated heterocycles. The summed E-state index contributed by atoms with van der Waals surface area (Å²) in [6, 6.07) is 21.9. The molecule has 5 nitrogen and oxygen atoms in total. The number of anilines is 1. The molecule has 30 heavy (non-hydrogen) atoms. The van der Waals surface area contributed by atoms with E-state index in [1.165, 1.54) is 17.4 Å². The zero-order valence-corrected chi connectivity index (χ0v) is 17.0. The number of nitrogens with zero attached hydrogens (tertiary/aromatic N) is 2. The molecule has 4 aromatic rings. The van der Waals surface area contributed by atoms with Crippen molar-refractivity contribution in [1.82, 2.24) is 4.57 Å². The minimum Gasteiger partial charge on any atom is -0.391 e. The fourth-order valence-corrected chi connectivity index (χ4v) is 5.34. The van der Waals surface area contributed by atoms with E-state index in [2.05, 4.69) is 4.90 Å². The molecule has 3 heterocycles. The monoisotopic (exact) mass is 416 g/mol. The highest BCUT2D eigenvalue weighted by atomic mass is 32.1. The van der Waals surface area contributed by atoms with Gasteiger partial charge in [-0.05, 0) is 24.6 Å². The number of benzene rings is 2. The average molecular weight is 417 g/mol. The van der Waals surface area contributed by atoms with Gasteiger partial charge < -0.3 is 10.0 Å². The SMILES string of the molecule is O=C(c1ccccc1)c1c(N2CC[C@@H](O)C2)sc2c1ccc(=O)n2-c1ccccc1. The van der Waals surface area contributed by atoms with Crippen LogP contribution in [0.4, 0.5) is 5.00 Å². The lowest BCUT2D eigenvalue weighted by Gasteiger charge is -2.17. The Hall–Kier alpha value is -3.22. The summed E-state index contributed by atoms with van der Waals surface area (Å²) in [4.78, 5) is 29.1. The Kier molecular flexibility index (Phi) is 4.73. The van der Waals surface area contributed by atoms with Crippen LogP contribution in [0.2, 0.25) is 0 Å². The Morgan fingerprint density at radius 1 is 0.967 bits per heavy atom. The summed E-state index contributed by atoms with van der Waals surface area (Å²) in [6.07, 6.45) is 0.254. The van der Waals surface area contributed by atoms with Crippen molar-refractivity contribution < 1.29 is 9.90 Å². The molecule has 2 aromatic carbocycles. The second-order valence-corrected chi connectivity index (χ2v) is 8.40. The Morgan fingerprint density at radius 2 is 1.67 bits per heavy atom. The first-order valence-corrected chi connectivity index (χ1v) is 10.7. The topological polar surface area (TPSA) is 62.5 Å². The van der Waals surface area contributed by atoms with Crippen LogP contribution in [0.1, 0.15) is 22.3 Å². The van der Waals surface area contributed by atoms with E-state index in [4.69, 9.17) is 0 Å². The summed E-state index contributed by atoms with van der Waals surface area (Å²) in [5, 5.41) is 11.7. The first-order valence-electron chi connectivity index (χ1n) is 9.90. The zero-order valence-electron chi connectivity index (χ0n) is 16.2. The van der Waals surface area contributed by atoms with Gasteiger partial charge in [0.1, 0.15) is 9.83 Å². The Labute approximate surface area is 177 Å². The molecule has 1 N–H and O–H groups in total. The molecule has 150 valence electrons. The van der Waals surface area contributed by atoms with E-state index in [0.717, 1.165) is 20.9 Å². The standard InChI is InChI=1S/C24H20N2O3S/c27-18-13-14-25(15-18)24-21(22(29)16-7-3-1-4-8-16)19-11-12-20(28)26(23(19)30-24)17-9-5-2-6-10-17/h1-12,18,27H,13-15H2/t18-/m1/s1. The smallest absolute Gasteiger partial charge is 0.256 e. The maximum atomic E-state index is 13.5. The van der Waals surface area contributed by atoms with Crippen LogP contribution in [0, 0.1) is 0 Å². The Balaban J connectivity index is 1.79. The van der Waals surface area contributed by atoms with E-state index in [0.29, 0.717) is 30.6 Å². The fraction of sp³-hybridized carbons (Fsp3) is 0.167. The molecule has 1 aliphatic heterocycles. The van der Waals surface area contributed by atoms with E-state index in [9.17, 15) is 14.7 Å². The van der Waals surface area contributed by atoms with Crippen molar-refractivity contribution >= 4 is 32.3 Å². The van der Waals surface area contributed by atoms with Gasteiger partial charge in [0.15, 0.2) is 5.78 Å². The molecule has 1 atom stereocenters. The van der Waals surface area contributed by atoms with Crippen molar-refractivity contribution in [3.63, 3.8) is 0 Å². The number of hydrogen-bond acceptors (Lipinski definition) is 5. The van der Waals surface area contributed by atoms with Crippen LogP contribution in [-0.4, -0.2) is 34.7 Å². The molecule has 0 unspecified atom stereocenters. The van der Waals surface area contributed by atoms with E-state index in [-0.39, 0.29) is 11.3 Å². The molecule has 0 aliphatic carbocycles. The largest absolute Gasteiger partial charge is 0.391 e. The molecule has 0 amide bonds.